The molecule has 0 aliphatic carbocycles. The number of amides is 1. The number of rotatable bonds is 2. The van der Waals surface area contributed by atoms with E-state index in [9.17, 15) is 9.18 Å². The number of anilines is 2. The summed E-state index contributed by atoms with van der Waals surface area (Å²) in [7, 11) is 1.65. The van der Waals surface area contributed by atoms with Gasteiger partial charge in [-0.3, -0.25) is 9.48 Å². The molecule has 7 heteroatoms. The predicted octanol–water partition coefficient (Wildman–Crippen LogP) is 2.16. The van der Waals surface area contributed by atoms with Gasteiger partial charge in [-0.1, -0.05) is 0 Å². The molecule has 0 aliphatic rings. The van der Waals surface area contributed by atoms with Crippen molar-refractivity contribution in [2.75, 3.05) is 11.1 Å². The second-order valence-electron chi connectivity index (χ2n) is 3.65. The third-order valence-corrected chi connectivity index (χ3v) is 3.06. The summed E-state index contributed by atoms with van der Waals surface area (Å²) in [6.07, 6.45) is 1.43. The van der Waals surface area contributed by atoms with Gasteiger partial charge < -0.3 is 11.1 Å². The highest BCUT2D eigenvalue weighted by Crippen LogP contribution is 2.21. The summed E-state index contributed by atoms with van der Waals surface area (Å²) in [6.45, 7) is 0. The minimum Gasteiger partial charge on any atom is -0.394 e. The average molecular weight is 313 g/mol. The van der Waals surface area contributed by atoms with Crippen LogP contribution in [-0.2, 0) is 7.05 Å². The van der Waals surface area contributed by atoms with Gasteiger partial charge in [-0.05, 0) is 34.1 Å². The molecular formula is C11H10BrFN4O. The van der Waals surface area contributed by atoms with Crippen molar-refractivity contribution >= 4 is 33.3 Å². The first-order chi connectivity index (χ1) is 8.49. The Morgan fingerprint density at radius 2 is 2.28 bits per heavy atom. The van der Waals surface area contributed by atoms with Crippen LogP contribution in [0.1, 0.15) is 10.4 Å². The van der Waals surface area contributed by atoms with Gasteiger partial charge >= 0.3 is 0 Å². The van der Waals surface area contributed by atoms with Gasteiger partial charge in [0.1, 0.15) is 5.82 Å². The van der Waals surface area contributed by atoms with E-state index < -0.39 is 11.7 Å². The number of halogens is 2. The fourth-order valence-corrected chi connectivity index (χ4v) is 1.88. The number of aromatic nitrogens is 2. The lowest BCUT2D eigenvalue weighted by molar-refractivity contribution is 0.102. The van der Waals surface area contributed by atoms with E-state index in [-0.39, 0.29) is 5.56 Å². The summed E-state index contributed by atoms with van der Waals surface area (Å²) < 4.78 is 15.0. The standard InChI is InChI=1S/C11H10BrFN4O/c1-17-10(9(14)5-15-17)16-11(18)7-4-6(13)2-3-8(7)12/h2-5H,14H2,1H3,(H,16,18). The highest BCUT2D eigenvalue weighted by atomic mass is 79.9. The molecule has 0 fully saturated rings. The molecule has 1 aromatic carbocycles. The van der Waals surface area contributed by atoms with Gasteiger partial charge in [0.15, 0.2) is 5.82 Å². The van der Waals surface area contributed by atoms with Crippen molar-refractivity contribution in [3.05, 3.63) is 40.2 Å². The van der Waals surface area contributed by atoms with Gasteiger partial charge in [0.05, 0.1) is 17.4 Å². The Labute approximate surface area is 111 Å². The van der Waals surface area contributed by atoms with E-state index in [0.29, 0.717) is 16.0 Å². The first-order valence-electron chi connectivity index (χ1n) is 5.03. The van der Waals surface area contributed by atoms with Crippen LogP contribution in [-0.4, -0.2) is 15.7 Å². The molecule has 0 spiro atoms. The molecule has 2 aromatic rings. The van der Waals surface area contributed by atoms with Crippen molar-refractivity contribution in [3.8, 4) is 0 Å². The second kappa shape index (κ2) is 4.77. The normalized spacial score (nSPS) is 10.4. The minimum absolute atomic E-state index is 0.190. The SMILES string of the molecule is Cn1ncc(N)c1NC(=O)c1cc(F)ccc1Br. The Balaban J connectivity index is 2.30. The number of nitrogens with zero attached hydrogens (tertiary/aromatic N) is 2. The van der Waals surface area contributed by atoms with Crippen LogP contribution < -0.4 is 11.1 Å². The number of nitrogen functional groups attached to an aromatic ring is 1. The molecule has 0 saturated carbocycles. The fourth-order valence-electron chi connectivity index (χ4n) is 1.45. The fraction of sp³-hybridized carbons (Fsp3) is 0.0909. The maximum atomic E-state index is 13.1. The lowest BCUT2D eigenvalue weighted by Gasteiger charge is -2.08. The van der Waals surface area contributed by atoms with Crippen molar-refractivity contribution in [1.29, 1.82) is 0 Å². The quantitative estimate of drug-likeness (QED) is 0.892. The van der Waals surface area contributed by atoms with Crippen molar-refractivity contribution in [2.24, 2.45) is 7.05 Å². The molecule has 1 amide bonds. The largest absolute Gasteiger partial charge is 0.394 e. The molecule has 0 unspecified atom stereocenters. The van der Waals surface area contributed by atoms with Crippen molar-refractivity contribution in [3.63, 3.8) is 0 Å². The number of nitrogens with one attached hydrogen (secondary N) is 1. The van der Waals surface area contributed by atoms with Crippen LogP contribution in [0.4, 0.5) is 15.9 Å². The summed E-state index contributed by atoms with van der Waals surface area (Å²) in [4.78, 5) is 12.0. The molecule has 3 N–H and O–H groups in total. The highest BCUT2D eigenvalue weighted by molar-refractivity contribution is 9.10. The number of hydrogen-bond donors (Lipinski definition) is 2. The zero-order valence-electron chi connectivity index (χ0n) is 9.45. The van der Waals surface area contributed by atoms with Crippen LogP contribution in [0.15, 0.2) is 28.9 Å². The van der Waals surface area contributed by atoms with Crippen LogP contribution in [0.5, 0.6) is 0 Å². The number of carbonyl (C=O) groups is 1. The molecular weight excluding hydrogens is 303 g/mol. The smallest absolute Gasteiger partial charge is 0.258 e. The predicted molar refractivity (Wildman–Crippen MR) is 69.7 cm³/mol. The van der Waals surface area contributed by atoms with Gasteiger partial charge in [0.2, 0.25) is 0 Å². The highest BCUT2D eigenvalue weighted by Gasteiger charge is 2.14. The zero-order valence-corrected chi connectivity index (χ0v) is 11.0. The Hall–Kier alpha value is -1.89. The van der Waals surface area contributed by atoms with Crippen LogP contribution in [0.2, 0.25) is 0 Å². The first kappa shape index (κ1) is 12.6. The van der Waals surface area contributed by atoms with Gasteiger partial charge in [-0.25, -0.2) is 4.39 Å². The average Bonchev–Trinajstić information content (AvgIpc) is 2.64. The topological polar surface area (TPSA) is 72.9 Å². The van der Waals surface area contributed by atoms with Gasteiger partial charge in [-0.2, -0.15) is 5.10 Å². The van der Waals surface area contributed by atoms with Crippen LogP contribution >= 0.6 is 15.9 Å². The molecule has 18 heavy (non-hydrogen) atoms. The van der Waals surface area contributed by atoms with Crippen molar-refractivity contribution < 1.29 is 9.18 Å². The summed E-state index contributed by atoms with van der Waals surface area (Å²) in [5, 5.41) is 6.48. The van der Waals surface area contributed by atoms with Gasteiger partial charge in [0, 0.05) is 11.5 Å². The monoisotopic (exact) mass is 312 g/mol. The maximum absolute atomic E-state index is 13.1. The third kappa shape index (κ3) is 2.35. The van der Waals surface area contributed by atoms with E-state index in [1.807, 2.05) is 0 Å². The Morgan fingerprint density at radius 3 is 2.89 bits per heavy atom. The Morgan fingerprint density at radius 1 is 1.56 bits per heavy atom. The number of benzene rings is 1. The van der Waals surface area contributed by atoms with Crippen LogP contribution in [0.3, 0.4) is 0 Å². The molecule has 0 atom stereocenters. The molecule has 0 radical (unpaired) electrons. The van der Waals surface area contributed by atoms with E-state index in [4.69, 9.17) is 5.73 Å². The van der Waals surface area contributed by atoms with Gasteiger partial charge in [0.25, 0.3) is 5.91 Å². The Bertz CT molecular complexity index is 592. The first-order valence-corrected chi connectivity index (χ1v) is 5.82. The molecule has 0 aliphatic heterocycles. The summed E-state index contributed by atoms with van der Waals surface area (Å²) in [6, 6.07) is 3.88. The maximum Gasteiger partial charge on any atom is 0.258 e. The molecule has 94 valence electrons. The third-order valence-electron chi connectivity index (χ3n) is 2.37. The van der Waals surface area contributed by atoms with Crippen molar-refractivity contribution in [2.45, 2.75) is 0 Å². The number of nitrogens with two attached hydrogens (primary N) is 1. The zero-order chi connectivity index (χ0) is 13.3. The summed E-state index contributed by atoms with van der Waals surface area (Å²) >= 11 is 3.19. The van der Waals surface area contributed by atoms with E-state index in [1.165, 1.54) is 23.0 Å². The number of aryl methyl sites for hydroxylation is 1. The molecule has 0 bridgehead atoms. The van der Waals surface area contributed by atoms with Crippen molar-refractivity contribution in [1.82, 2.24) is 9.78 Å². The van der Waals surface area contributed by atoms with E-state index >= 15 is 0 Å². The summed E-state index contributed by atoms with van der Waals surface area (Å²) in [5.74, 6) is -0.575. The number of carbonyl (C=O) groups excluding carboxylic acids is 1. The second-order valence-corrected chi connectivity index (χ2v) is 4.50. The number of hydrogen-bond acceptors (Lipinski definition) is 3. The Kier molecular flexibility index (Phi) is 3.33. The lowest BCUT2D eigenvalue weighted by atomic mass is 10.2. The minimum atomic E-state index is -0.485. The molecule has 5 nitrogen and oxygen atoms in total. The molecule has 2 rings (SSSR count). The molecule has 0 saturated heterocycles. The molecule has 1 heterocycles. The molecule has 1 aromatic heterocycles. The van der Waals surface area contributed by atoms with Crippen LogP contribution in [0, 0.1) is 5.82 Å². The lowest BCUT2D eigenvalue weighted by Crippen LogP contribution is -2.16. The van der Waals surface area contributed by atoms with E-state index in [2.05, 4.69) is 26.3 Å². The van der Waals surface area contributed by atoms with Crippen LogP contribution in [0.25, 0.3) is 0 Å². The van der Waals surface area contributed by atoms with Gasteiger partial charge in [-0.15, -0.1) is 0 Å². The van der Waals surface area contributed by atoms with E-state index in [0.717, 1.165) is 6.07 Å². The van der Waals surface area contributed by atoms with E-state index in [1.54, 1.807) is 7.05 Å². The summed E-state index contributed by atoms with van der Waals surface area (Å²) in [5.41, 5.74) is 6.19.